The SMILES string of the molecule is CC1(O)CN(Cc2c(Cl)cccc2Cl)C1. The monoisotopic (exact) mass is 245 g/mol. The molecule has 1 aromatic carbocycles. The van der Waals surface area contributed by atoms with E-state index in [4.69, 9.17) is 23.2 Å². The van der Waals surface area contributed by atoms with Crippen LogP contribution in [0.1, 0.15) is 12.5 Å². The molecule has 82 valence electrons. The number of halogens is 2. The molecule has 1 aliphatic heterocycles. The summed E-state index contributed by atoms with van der Waals surface area (Å²) < 4.78 is 0. The fourth-order valence-electron chi connectivity index (χ4n) is 1.94. The standard InChI is InChI=1S/C11H13Cl2NO/c1-11(15)6-14(7-11)5-8-9(12)3-2-4-10(8)13/h2-4,15H,5-7H2,1H3. The minimum atomic E-state index is -0.548. The predicted molar refractivity (Wildman–Crippen MR) is 62.4 cm³/mol. The molecular formula is C11H13Cl2NO. The van der Waals surface area contributed by atoms with Gasteiger partial charge in [0.25, 0.3) is 0 Å². The molecule has 0 aliphatic carbocycles. The van der Waals surface area contributed by atoms with Gasteiger partial charge in [0.05, 0.1) is 5.60 Å². The number of β-amino-alcohol motifs (C(OH)–C–C–N with tert-alkyl or cyclic N) is 1. The smallest absolute Gasteiger partial charge is 0.0872 e. The zero-order valence-electron chi connectivity index (χ0n) is 8.50. The predicted octanol–water partition coefficient (Wildman–Crippen LogP) is 2.56. The van der Waals surface area contributed by atoms with Crippen LogP contribution >= 0.6 is 23.2 Å². The van der Waals surface area contributed by atoms with Crippen LogP contribution in [0.25, 0.3) is 0 Å². The molecule has 0 spiro atoms. The number of hydrogen-bond donors (Lipinski definition) is 1. The largest absolute Gasteiger partial charge is 0.388 e. The maximum Gasteiger partial charge on any atom is 0.0872 e. The molecule has 4 heteroatoms. The summed E-state index contributed by atoms with van der Waals surface area (Å²) in [4.78, 5) is 2.12. The van der Waals surface area contributed by atoms with E-state index in [1.807, 2.05) is 25.1 Å². The Morgan fingerprint density at radius 2 is 1.87 bits per heavy atom. The molecule has 0 aromatic heterocycles. The molecule has 1 N–H and O–H groups in total. The van der Waals surface area contributed by atoms with Gasteiger partial charge in [-0.2, -0.15) is 0 Å². The normalized spacial score (nSPS) is 20.0. The fourth-order valence-corrected chi connectivity index (χ4v) is 2.45. The van der Waals surface area contributed by atoms with E-state index in [1.165, 1.54) is 0 Å². The second kappa shape index (κ2) is 3.95. The Hall–Kier alpha value is -0.280. The molecule has 1 aromatic rings. The highest BCUT2D eigenvalue weighted by molar-refractivity contribution is 6.35. The van der Waals surface area contributed by atoms with E-state index in [9.17, 15) is 5.11 Å². The minimum Gasteiger partial charge on any atom is -0.388 e. The fraction of sp³-hybridized carbons (Fsp3) is 0.455. The molecule has 2 rings (SSSR count). The van der Waals surface area contributed by atoms with Crippen LogP contribution in [0.2, 0.25) is 10.0 Å². The Kier molecular flexibility index (Phi) is 2.95. The summed E-state index contributed by atoms with van der Waals surface area (Å²) in [7, 11) is 0. The van der Waals surface area contributed by atoms with E-state index >= 15 is 0 Å². The third-order valence-electron chi connectivity index (χ3n) is 2.57. The van der Waals surface area contributed by atoms with E-state index in [1.54, 1.807) is 0 Å². The first-order chi connectivity index (χ1) is 6.98. The zero-order valence-corrected chi connectivity index (χ0v) is 10.0. The van der Waals surface area contributed by atoms with Crippen molar-refractivity contribution in [2.75, 3.05) is 13.1 Å². The van der Waals surface area contributed by atoms with Crippen LogP contribution in [-0.4, -0.2) is 28.7 Å². The van der Waals surface area contributed by atoms with Crippen molar-refractivity contribution in [2.24, 2.45) is 0 Å². The third kappa shape index (κ3) is 2.45. The van der Waals surface area contributed by atoms with Gasteiger partial charge in [0.1, 0.15) is 0 Å². The highest BCUT2D eigenvalue weighted by atomic mass is 35.5. The van der Waals surface area contributed by atoms with E-state index < -0.39 is 5.60 Å². The maximum atomic E-state index is 9.59. The quantitative estimate of drug-likeness (QED) is 0.866. The van der Waals surface area contributed by atoms with Crippen molar-refractivity contribution in [1.82, 2.24) is 4.90 Å². The summed E-state index contributed by atoms with van der Waals surface area (Å²) in [5, 5.41) is 11.0. The number of likely N-dealkylation sites (tertiary alicyclic amines) is 1. The highest BCUT2D eigenvalue weighted by Gasteiger charge is 2.36. The molecule has 0 amide bonds. The molecule has 0 unspecified atom stereocenters. The van der Waals surface area contributed by atoms with Crippen LogP contribution in [0.5, 0.6) is 0 Å². The second-order valence-corrected chi connectivity index (χ2v) is 5.16. The Morgan fingerprint density at radius 3 is 2.33 bits per heavy atom. The van der Waals surface area contributed by atoms with Gasteiger partial charge in [-0.25, -0.2) is 0 Å². The second-order valence-electron chi connectivity index (χ2n) is 4.34. The van der Waals surface area contributed by atoms with E-state index in [2.05, 4.69) is 4.90 Å². The van der Waals surface area contributed by atoms with Crippen molar-refractivity contribution in [2.45, 2.75) is 19.1 Å². The first-order valence-electron chi connectivity index (χ1n) is 4.85. The maximum absolute atomic E-state index is 9.59. The molecule has 1 aliphatic rings. The lowest BCUT2D eigenvalue weighted by molar-refractivity contribution is -0.0871. The summed E-state index contributed by atoms with van der Waals surface area (Å²) in [5.74, 6) is 0. The van der Waals surface area contributed by atoms with E-state index in [-0.39, 0.29) is 0 Å². The average molecular weight is 246 g/mol. The first-order valence-corrected chi connectivity index (χ1v) is 5.61. The number of rotatable bonds is 2. The molecule has 0 radical (unpaired) electrons. The first kappa shape index (κ1) is 11.2. The van der Waals surface area contributed by atoms with Crippen LogP contribution in [0.15, 0.2) is 18.2 Å². The average Bonchev–Trinajstić information content (AvgIpc) is 2.08. The topological polar surface area (TPSA) is 23.5 Å². The summed E-state index contributed by atoms with van der Waals surface area (Å²) in [5.41, 5.74) is 0.393. The van der Waals surface area contributed by atoms with Gasteiger partial charge in [-0.15, -0.1) is 0 Å². The highest BCUT2D eigenvalue weighted by Crippen LogP contribution is 2.29. The lowest BCUT2D eigenvalue weighted by Crippen LogP contribution is -2.59. The van der Waals surface area contributed by atoms with E-state index in [0.29, 0.717) is 29.7 Å². The van der Waals surface area contributed by atoms with Crippen molar-refractivity contribution in [1.29, 1.82) is 0 Å². The van der Waals surface area contributed by atoms with Gasteiger partial charge in [0.15, 0.2) is 0 Å². The summed E-state index contributed by atoms with van der Waals surface area (Å²) in [6.45, 7) is 3.88. The van der Waals surface area contributed by atoms with E-state index in [0.717, 1.165) is 5.56 Å². The number of benzene rings is 1. The molecule has 15 heavy (non-hydrogen) atoms. The van der Waals surface area contributed by atoms with Gasteiger partial charge in [-0.05, 0) is 19.1 Å². The molecule has 0 bridgehead atoms. The lowest BCUT2D eigenvalue weighted by Gasteiger charge is -2.44. The molecule has 1 saturated heterocycles. The number of nitrogens with zero attached hydrogens (tertiary/aromatic N) is 1. The summed E-state index contributed by atoms with van der Waals surface area (Å²) in [6, 6.07) is 5.50. The zero-order chi connectivity index (χ0) is 11.1. The van der Waals surface area contributed by atoms with Gasteiger partial charge in [0.2, 0.25) is 0 Å². The Labute approximate surface area is 99.4 Å². The van der Waals surface area contributed by atoms with Gasteiger partial charge >= 0.3 is 0 Å². The van der Waals surface area contributed by atoms with Crippen LogP contribution in [0.3, 0.4) is 0 Å². The Bertz CT molecular complexity index is 351. The van der Waals surface area contributed by atoms with Crippen LogP contribution in [0.4, 0.5) is 0 Å². The molecule has 0 atom stereocenters. The molecule has 1 fully saturated rings. The van der Waals surface area contributed by atoms with Crippen molar-refractivity contribution >= 4 is 23.2 Å². The molecule has 1 heterocycles. The number of aliphatic hydroxyl groups is 1. The number of hydrogen-bond acceptors (Lipinski definition) is 2. The van der Waals surface area contributed by atoms with Gasteiger partial charge in [-0.1, -0.05) is 29.3 Å². The summed E-state index contributed by atoms with van der Waals surface area (Å²) in [6.07, 6.45) is 0. The van der Waals surface area contributed by atoms with Crippen LogP contribution < -0.4 is 0 Å². The molecular weight excluding hydrogens is 233 g/mol. The molecule has 0 saturated carbocycles. The van der Waals surface area contributed by atoms with Gasteiger partial charge < -0.3 is 5.11 Å². The minimum absolute atomic E-state index is 0.548. The third-order valence-corrected chi connectivity index (χ3v) is 3.28. The van der Waals surface area contributed by atoms with Crippen molar-refractivity contribution in [3.63, 3.8) is 0 Å². The van der Waals surface area contributed by atoms with Crippen LogP contribution in [0, 0.1) is 0 Å². The summed E-state index contributed by atoms with van der Waals surface area (Å²) >= 11 is 12.1. The van der Waals surface area contributed by atoms with Crippen LogP contribution in [-0.2, 0) is 6.54 Å². The van der Waals surface area contributed by atoms with Crippen molar-refractivity contribution < 1.29 is 5.11 Å². The van der Waals surface area contributed by atoms with Crippen molar-refractivity contribution in [3.8, 4) is 0 Å². The van der Waals surface area contributed by atoms with Gasteiger partial charge in [-0.3, -0.25) is 4.90 Å². The van der Waals surface area contributed by atoms with Gasteiger partial charge in [0, 0.05) is 35.2 Å². The molecule has 2 nitrogen and oxygen atoms in total. The van der Waals surface area contributed by atoms with Crippen molar-refractivity contribution in [3.05, 3.63) is 33.8 Å². The Morgan fingerprint density at radius 1 is 1.33 bits per heavy atom. The Balaban J connectivity index is 2.06. The lowest BCUT2D eigenvalue weighted by atomic mass is 9.96.